The van der Waals surface area contributed by atoms with Crippen LogP contribution in [0.15, 0.2) is 41.7 Å². The average Bonchev–Trinajstić information content (AvgIpc) is 2.89. The molecule has 2 aromatic rings. The van der Waals surface area contributed by atoms with Crippen molar-refractivity contribution in [2.75, 3.05) is 7.11 Å². The van der Waals surface area contributed by atoms with Gasteiger partial charge in [0.2, 0.25) is 0 Å². The van der Waals surface area contributed by atoms with Crippen molar-refractivity contribution in [3.8, 4) is 6.07 Å². The molecule has 0 saturated carbocycles. The molecule has 108 valence electrons. The van der Waals surface area contributed by atoms with E-state index in [1.807, 2.05) is 34.9 Å². The van der Waals surface area contributed by atoms with E-state index in [-0.39, 0.29) is 0 Å². The molecule has 5 heteroatoms. The van der Waals surface area contributed by atoms with Gasteiger partial charge >= 0.3 is 0 Å². The van der Waals surface area contributed by atoms with E-state index in [0.717, 1.165) is 18.4 Å². The molecule has 0 fully saturated rings. The van der Waals surface area contributed by atoms with E-state index in [1.165, 1.54) is 0 Å². The highest BCUT2D eigenvalue weighted by molar-refractivity contribution is 5.79. The number of hydrogen-bond donors (Lipinski definition) is 0. The Bertz CT molecular complexity index is 653. The molecule has 0 saturated heterocycles. The maximum absolute atomic E-state index is 9.18. The van der Waals surface area contributed by atoms with Crippen LogP contribution in [-0.2, 0) is 11.3 Å². The number of ether oxygens (including phenoxy) is 1. The van der Waals surface area contributed by atoms with Crippen LogP contribution < -0.4 is 0 Å². The Balaban J connectivity index is 2.35. The molecule has 0 aliphatic rings. The van der Waals surface area contributed by atoms with E-state index >= 15 is 0 Å². The Kier molecular flexibility index (Phi) is 5.10. The van der Waals surface area contributed by atoms with Crippen LogP contribution >= 0.6 is 0 Å². The van der Waals surface area contributed by atoms with Gasteiger partial charge in [0.15, 0.2) is 17.4 Å². The van der Waals surface area contributed by atoms with Crippen LogP contribution in [0.25, 0.3) is 0 Å². The zero-order valence-electron chi connectivity index (χ0n) is 12.3. The van der Waals surface area contributed by atoms with Gasteiger partial charge in [-0.15, -0.1) is 0 Å². The van der Waals surface area contributed by atoms with Gasteiger partial charge in [-0.25, -0.2) is 4.98 Å². The molecule has 0 aliphatic carbocycles. The second-order valence-electron chi connectivity index (χ2n) is 4.60. The van der Waals surface area contributed by atoms with E-state index in [0.29, 0.717) is 24.0 Å². The maximum Gasteiger partial charge on any atom is 0.189 e. The number of nitriles is 1. The summed E-state index contributed by atoms with van der Waals surface area (Å²) < 4.78 is 7.13. The molecule has 0 bridgehead atoms. The molecule has 0 N–H and O–H groups in total. The number of hydrogen-bond acceptors (Lipinski definition) is 4. The number of aliphatic imine (C=N–C) groups is 1. The Hall–Kier alpha value is -2.61. The molecule has 1 aromatic heterocycles. The van der Waals surface area contributed by atoms with Crippen molar-refractivity contribution in [3.63, 3.8) is 0 Å². The summed E-state index contributed by atoms with van der Waals surface area (Å²) in [5.41, 5.74) is 1.45. The lowest BCUT2D eigenvalue weighted by atomic mass is 10.2. The lowest BCUT2D eigenvalue weighted by molar-refractivity contribution is 0.389. The number of nitrogens with zero attached hydrogens (tertiary/aromatic N) is 4. The number of benzene rings is 1. The lowest BCUT2D eigenvalue weighted by Gasteiger charge is -2.07. The van der Waals surface area contributed by atoms with Gasteiger partial charge in [0, 0.05) is 6.42 Å². The summed E-state index contributed by atoms with van der Waals surface area (Å²) in [6.45, 7) is 2.68. The molecule has 5 nitrogen and oxygen atoms in total. The molecule has 2 rings (SSSR count). The standard InChI is InChI=1S/C16H18N4O/c1-3-7-15(21-2)19-16-14(10-17)18-12-20(16)11-13-8-5-4-6-9-13/h4-6,8-9,12H,3,7,11H2,1-2H3. The van der Waals surface area contributed by atoms with Crippen molar-refractivity contribution >= 4 is 11.7 Å². The first-order valence-electron chi connectivity index (χ1n) is 6.89. The normalized spacial score (nSPS) is 11.2. The zero-order valence-corrected chi connectivity index (χ0v) is 12.3. The molecule has 0 spiro atoms. The Morgan fingerprint density at radius 3 is 2.76 bits per heavy atom. The third-order valence-electron chi connectivity index (χ3n) is 3.04. The van der Waals surface area contributed by atoms with E-state index < -0.39 is 0 Å². The SMILES string of the molecule is CCCC(=Nc1c(C#N)ncn1Cc1ccccc1)OC. The summed E-state index contributed by atoms with van der Waals surface area (Å²) in [6.07, 6.45) is 3.31. The highest BCUT2D eigenvalue weighted by atomic mass is 16.5. The minimum Gasteiger partial charge on any atom is -0.484 e. The van der Waals surface area contributed by atoms with Gasteiger partial charge in [0.05, 0.1) is 20.0 Å². The second-order valence-corrected chi connectivity index (χ2v) is 4.60. The van der Waals surface area contributed by atoms with Gasteiger partial charge in [-0.05, 0) is 12.0 Å². The van der Waals surface area contributed by atoms with Crippen LogP contribution in [0.5, 0.6) is 0 Å². The Morgan fingerprint density at radius 1 is 1.38 bits per heavy atom. The quantitative estimate of drug-likeness (QED) is 0.624. The minimum absolute atomic E-state index is 0.316. The van der Waals surface area contributed by atoms with Crippen molar-refractivity contribution in [3.05, 3.63) is 47.9 Å². The molecule has 0 amide bonds. The van der Waals surface area contributed by atoms with E-state index in [1.54, 1.807) is 13.4 Å². The van der Waals surface area contributed by atoms with Crippen molar-refractivity contribution in [2.45, 2.75) is 26.3 Å². The largest absolute Gasteiger partial charge is 0.484 e. The summed E-state index contributed by atoms with van der Waals surface area (Å²) in [5.74, 6) is 1.16. The van der Waals surface area contributed by atoms with Gasteiger partial charge in [-0.1, -0.05) is 37.3 Å². The van der Waals surface area contributed by atoms with Crippen LogP contribution in [-0.4, -0.2) is 22.6 Å². The predicted octanol–water partition coefficient (Wildman–Crippen LogP) is 3.28. The van der Waals surface area contributed by atoms with Gasteiger partial charge in [0.1, 0.15) is 6.07 Å². The molecular formula is C16H18N4O. The molecule has 1 aromatic carbocycles. The number of methoxy groups -OCH3 is 1. The fourth-order valence-corrected chi connectivity index (χ4v) is 2.00. The van der Waals surface area contributed by atoms with Crippen LogP contribution in [0, 0.1) is 11.3 Å². The fourth-order valence-electron chi connectivity index (χ4n) is 2.00. The molecule has 0 unspecified atom stereocenters. The van der Waals surface area contributed by atoms with Gasteiger partial charge in [0.25, 0.3) is 0 Å². The zero-order chi connectivity index (χ0) is 15.1. The van der Waals surface area contributed by atoms with Crippen LogP contribution in [0.2, 0.25) is 0 Å². The topological polar surface area (TPSA) is 63.2 Å². The summed E-state index contributed by atoms with van der Waals surface area (Å²) in [6, 6.07) is 12.1. The number of rotatable bonds is 5. The maximum atomic E-state index is 9.18. The fraction of sp³-hybridized carbons (Fsp3) is 0.312. The molecule has 0 aliphatic heterocycles. The van der Waals surface area contributed by atoms with Crippen molar-refractivity contribution in [1.29, 1.82) is 5.26 Å². The summed E-state index contributed by atoms with van der Waals surface area (Å²) in [4.78, 5) is 8.58. The molecule has 21 heavy (non-hydrogen) atoms. The lowest BCUT2D eigenvalue weighted by Crippen LogP contribution is -2.03. The van der Waals surface area contributed by atoms with E-state index in [4.69, 9.17) is 4.74 Å². The third-order valence-corrected chi connectivity index (χ3v) is 3.04. The smallest absolute Gasteiger partial charge is 0.189 e. The molecule has 0 radical (unpaired) electrons. The summed E-state index contributed by atoms with van der Waals surface area (Å²) in [7, 11) is 1.60. The Morgan fingerprint density at radius 2 is 2.14 bits per heavy atom. The molecule has 0 atom stereocenters. The minimum atomic E-state index is 0.316. The second kappa shape index (κ2) is 7.25. The van der Waals surface area contributed by atoms with Crippen molar-refractivity contribution in [2.24, 2.45) is 4.99 Å². The summed E-state index contributed by atoms with van der Waals surface area (Å²) in [5, 5.41) is 9.18. The van der Waals surface area contributed by atoms with Gasteiger partial charge in [-0.3, -0.25) is 0 Å². The van der Waals surface area contributed by atoms with Crippen LogP contribution in [0.1, 0.15) is 31.0 Å². The number of aromatic nitrogens is 2. The van der Waals surface area contributed by atoms with Crippen LogP contribution in [0.4, 0.5) is 5.82 Å². The van der Waals surface area contributed by atoms with Crippen molar-refractivity contribution in [1.82, 2.24) is 9.55 Å². The van der Waals surface area contributed by atoms with Gasteiger partial charge < -0.3 is 9.30 Å². The highest BCUT2D eigenvalue weighted by Crippen LogP contribution is 2.20. The Labute approximate surface area is 124 Å². The first-order chi connectivity index (χ1) is 10.3. The first-order valence-corrected chi connectivity index (χ1v) is 6.89. The predicted molar refractivity (Wildman–Crippen MR) is 81.5 cm³/mol. The molecular weight excluding hydrogens is 264 g/mol. The monoisotopic (exact) mass is 282 g/mol. The van der Waals surface area contributed by atoms with Gasteiger partial charge in [-0.2, -0.15) is 10.3 Å². The van der Waals surface area contributed by atoms with Crippen LogP contribution in [0.3, 0.4) is 0 Å². The third kappa shape index (κ3) is 3.69. The number of imidazole rings is 1. The highest BCUT2D eigenvalue weighted by Gasteiger charge is 2.11. The van der Waals surface area contributed by atoms with Crippen molar-refractivity contribution < 1.29 is 4.74 Å². The van der Waals surface area contributed by atoms with E-state index in [2.05, 4.69) is 23.0 Å². The summed E-state index contributed by atoms with van der Waals surface area (Å²) >= 11 is 0. The average molecular weight is 282 g/mol. The first kappa shape index (κ1) is 14.8. The molecule has 1 heterocycles. The van der Waals surface area contributed by atoms with E-state index in [9.17, 15) is 5.26 Å².